The normalized spacial score (nSPS) is 23.0. The number of carbonyl (C=O) groups is 1. The lowest BCUT2D eigenvalue weighted by Gasteiger charge is -2.28. The van der Waals surface area contributed by atoms with Crippen LogP contribution in [0.15, 0.2) is 18.3 Å². The minimum absolute atomic E-state index is 0.00114. The number of likely N-dealkylation sites (N-methyl/N-ethyl adjacent to an activating group) is 1. The SMILES string of the molecule is CC(C)n1c([C@H]2CC(=O)N(C)C2)nc2c(F)cc(-c3nc(N[C@@H]4CCOC[C@H]4O)ncc3Cl)cc21. The zero-order chi connectivity index (χ0) is 24.9. The molecule has 2 saturated heterocycles. The molecule has 2 N–H and O–H groups in total. The highest BCUT2D eigenvalue weighted by atomic mass is 35.5. The van der Waals surface area contributed by atoms with Crippen molar-refractivity contribution in [3.05, 3.63) is 35.0 Å². The van der Waals surface area contributed by atoms with Crippen molar-refractivity contribution in [2.75, 3.05) is 32.1 Å². The first-order valence-electron chi connectivity index (χ1n) is 11.7. The fourth-order valence-corrected chi connectivity index (χ4v) is 5.07. The number of aromatic nitrogens is 4. The molecule has 2 aromatic heterocycles. The predicted molar refractivity (Wildman–Crippen MR) is 130 cm³/mol. The van der Waals surface area contributed by atoms with E-state index in [1.54, 1.807) is 11.9 Å². The molecule has 9 nitrogen and oxygen atoms in total. The lowest BCUT2D eigenvalue weighted by Crippen LogP contribution is -2.42. The fourth-order valence-electron chi connectivity index (χ4n) is 4.87. The summed E-state index contributed by atoms with van der Waals surface area (Å²) >= 11 is 6.44. The molecule has 2 fully saturated rings. The van der Waals surface area contributed by atoms with Gasteiger partial charge >= 0.3 is 0 Å². The van der Waals surface area contributed by atoms with E-state index < -0.39 is 11.9 Å². The van der Waals surface area contributed by atoms with Crippen LogP contribution in [0.5, 0.6) is 0 Å². The van der Waals surface area contributed by atoms with E-state index in [-0.39, 0.29) is 41.1 Å². The first kappa shape index (κ1) is 23.9. The summed E-state index contributed by atoms with van der Waals surface area (Å²) < 4.78 is 22.6. The van der Waals surface area contributed by atoms with Gasteiger partial charge in [-0.2, -0.15) is 0 Å². The lowest BCUT2D eigenvalue weighted by atomic mass is 10.1. The second kappa shape index (κ2) is 9.33. The van der Waals surface area contributed by atoms with E-state index in [0.29, 0.717) is 54.5 Å². The standard InChI is InChI=1S/C24H28ClFN6O3/c1-12(2)32-18-7-13(6-16(26)22(18)29-23(32)14-8-20(34)31(3)10-14)21-15(25)9-27-24(30-21)28-17-4-5-35-11-19(17)33/h6-7,9,12,14,17,19,33H,4-5,8,10-11H2,1-3H3,(H,27,28,30)/t14-,17+,19+/m0/s1. The molecule has 0 unspecified atom stereocenters. The Labute approximate surface area is 207 Å². The Morgan fingerprint density at radius 3 is 2.80 bits per heavy atom. The summed E-state index contributed by atoms with van der Waals surface area (Å²) in [6.07, 6.45) is 1.75. The van der Waals surface area contributed by atoms with Gasteiger partial charge in [0.15, 0.2) is 5.82 Å². The van der Waals surface area contributed by atoms with Crippen LogP contribution < -0.4 is 5.32 Å². The quantitative estimate of drug-likeness (QED) is 0.551. The first-order valence-corrected chi connectivity index (χ1v) is 12.1. The molecule has 186 valence electrons. The smallest absolute Gasteiger partial charge is 0.223 e. The van der Waals surface area contributed by atoms with Crippen LogP contribution in [-0.4, -0.2) is 74.4 Å². The molecule has 0 radical (unpaired) electrons. The maximum atomic E-state index is 15.4. The molecule has 1 amide bonds. The van der Waals surface area contributed by atoms with Crippen LogP contribution in [0.4, 0.5) is 10.3 Å². The lowest BCUT2D eigenvalue weighted by molar-refractivity contribution is -0.126. The maximum absolute atomic E-state index is 15.4. The van der Waals surface area contributed by atoms with Crippen molar-refractivity contribution in [3.63, 3.8) is 0 Å². The number of nitrogens with one attached hydrogen (secondary N) is 1. The Morgan fingerprint density at radius 2 is 2.11 bits per heavy atom. The van der Waals surface area contributed by atoms with Gasteiger partial charge in [0.1, 0.15) is 11.3 Å². The second-order valence-electron chi connectivity index (χ2n) is 9.51. The highest BCUT2D eigenvalue weighted by Gasteiger charge is 2.33. The number of hydrogen-bond donors (Lipinski definition) is 2. The molecule has 0 saturated carbocycles. The van der Waals surface area contributed by atoms with Crippen molar-refractivity contribution in [1.82, 2.24) is 24.4 Å². The number of carbonyl (C=O) groups excluding carboxylic acids is 1. The van der Waals surface area contributed by atoms with E-state index in [4.69, 9.17) is 16.3 Å². The molecule has 0 aliphatic carbocycles. The summed E-state index contributed by atoms with van der Waals surface area (Å²) in [5.74, 6) is 0.463. The number of aliphatic hydroxyl groups is 1. The van der Waals surface area contributed by atoms with Crippen LogP contribution in [0, 0.1) is 5.82 Å². The minimum Gasteiger partial charge on any atom is -0.389 e. The third-order valence-electron chi connectivity index (χ3n) is 6.66. The van der Waals surface area contributed by atoms with E-state index in [9.17, 15) is 9.90 Å². The van der Waals surface area contributed by atoms with Gasteiger partial charge in [-0.3, -0.25) is 4.79 Å². The van der Waals surface area contributed by atoms with Crippen molar-refractivity contribution >= 4 is 34.5 Å². The summed E-state index contributed by atoms with van der Waals surface area (Å²) in [6.45, 7) is 5.34. The Kier molecular flexibility index (Phi) is 6.37. The Balaban J connectivity index is 1.56. The minimum atomic E-state index is -0.680. The topological polar surface area (TPSA) is 105 Å². The zero-order valence-electron chi connectivity index (χ0n) is 19.8. The number of fused-ring (bicyclic) bond motifs is 1. The summed E-state index contributed by atoms with van der Waals surface area (Å²) in [5.41, 5.74) is 1.75. The molecule has 3 atom stereocenters. The average molecular weight is 503 g/mol. The number of anilines is 1. The maximum Gasteiger partial charge on any atom is 0.223 e. The van der Waals surface area contributed by atoms with Gasteiger partial charge in [0, 0.05) is 44.1 Å². The van der Waals surface area contributed by atoms with E-state index in [0.717, 1.165) is 0 Å². The largest absolute Gasteiger partial charge is 0.389 e. The molecule has 5 rings (SSSR count). The number of imidazole rings is 1. The molecular formula is C24H28ClFN6O3. The molecule has 2 aliphatic heterocycles. The average Bonchev–Trinajstić information content (AvgIpc) is 3.37. The van der Waals surface area contributed by atoms with Crippen LogP contribution in [0.1, 0.15) is 44.5 Å². The molecule has 0 bridgehead atoms. The molecule has 35 heavy (non-hydrogen) atoms. The number of ether oxygens (including phenoxy) is 1. The molecular weight excluding hydrogens is 475 g/mol. The van der Waals surface area contributed by atoms with E-state index in [1.807, 2.05) is 24.5 Å². The van der Waals surface area contributed by atoms with Gasteiger partial charge < -0.3 is 24.6 Å². The van der Waals surface area contributed by atoms with Gasteiger partial charge in [0.25, 0.3) is 0 Å². The number of nitrogens with zero attached hydrogens (tertiary/aromatic N) is 5. The summed E-state index contributed by atoms with van der Waals surface area (Å²) in [4.78, 5) is 27.3. The van der Waals surface area contributed by atoms with Crippen molar-refractivity contribution in [3.8, 4) is 11.3 Å². The summed E-state index contributed by atoms with van der Waals surface area (Å²) in [7, 11) is 1.77. The Morgan fingerprint density at radius 1 is 1.31 bits per heavy atom. The summed E-state index contributed by atoms with van der Waals surface area (Å²) in [5, 5.41) is 13.6. The molecule has 1 aromatic carbocycles. The number of halogens is 2. The van der Waals surface area contributed by atoms with Gasteiger partial charge in [-0.25, -0.2) is 19.3 Å². The molecule has 3 aromatic rings. The van der Waals surface area contributed by atoms with Crippen molar-refractivity contribution in [2.24, 2.45) is 0 Å². The van der Waals surface area contributed by atoms with Crippen LogP contribution in [0.25, 0.3) is 22.3 Å². The highest BCUT2D eigenvalue weighted by molar-refractivity contribution is 6.33. The number of benzene rings is 1. The van der Waals surface area contributed by atoms with Crippen LogP contribution >= 0.6 is 11.6 Å². The molecule has 11 heteroatoms. The van der Waals surface area contributed by atoms with Crippen molar-refractivity contribution < 1.29 is 19.0 Å². The first-order chi connectivity index (χ1) is 16.7. The third kappa shape index (κ3) is 4.46. The number of likely N-dealkylation sites (tertiary alicyclic amines) is 1. The number of hydrogen-bond acceptors (Lipinski definition) is 7. The number of rotatable bonds is 5. The van der Waals surface area contributed by atoms with Crippen LogP contribution in [-0.2, 0) is 9.53 Å². The number of amides is 1. The molecule has 0 spiro atoms. The van der Waals surface area contributed by atoms with Crippen LogP contribution in [0.3, 0.4) is 0 Å². The van der Waals surface area contributed by atoms with Gasteiger partial charge in [0.05, 0.1) is 41.2 Å². The Hall–Kier alpha value is -2.82. The highest BCUT2D eigenvalue weighted by Crippen LogP contribution is 2.36. The van der Waals surface area contributed by atoms with Gasteiger partial charge in [0.2, 0.25) is 11.9 Å². The fraction of sp³-hybridized carbons (Fsp3) is 0.500. The predicted octanol–water partition coefficient (Wildman–Crippen LogP) is 3.37. The monoisotopic (exact) mass is 502 g/mol. The van der Waals surface area contributed by atoms with E-state index >= 15 is 4.39 Å². The van der Waals surface area contributed by atoms with Crippen LogP contribution in [0.2, 0.25) is 5.02 Å². The third-order valence-corrected chi connectivity index (χ3v) is 6.93. The van der Waals surface area contributed by atoms with Crippen molar-refractivity contribution in [1.29, 1.82) is 0 Å². The zero-order valence-corrected chi connectivity index (χ0v) is 20.6. The molecule has 2 aliphatic rings. The van der Waals surface area contributed by atoms with E-state index in [1.165, 1.54) is 12.3 Å². The van der Waals surface area contributed by atoms with Crippen molar-refractivity contribution in [2.45, 2.75) is 50.8 Å². The molecule has 4 heterocycles. The van der Waals surface area contributed by atoms with Gasteiger partial charge in [-0.05, 0) is 32.4 Å². The van der Waals surface area contributed by atoms with E-state index in [2.05, 4.69) is 20.3 Å². The number of aliphatic hydroxyl groups excluding tert-OH is 1. The summed E-state index contributed by atoms with van der Waals surface area (Å²) in [6, 6.07) is 2.95. The second-order valence-corrected chi connectivity index (χ2v) is 9.91. The Bertz CT molecular complexity index is 1280. The van der Waals surface area contributed by atoms with Gasteiger partial charge in [-0.1, -0.05) is 11.6 Å². The van der Waals surface area contributed by atoms with Gasteiger partial charge in [-0.15, -0.1) is 0 Å².